The predicted molar refractivity (Wildman–Crippen MR) is 88.5 cm³/mol. The molecular formula is C14H25BrN4O2. The molecule has 1 amide bonds. The number of nitrogens with two attached hydrogens (primary N) is 1. The van der Waals surface area contributed by atoms with Crippen LogP contribution in [0.4, 0.5) is 0 Å². The highest BCUT2D eigenvalue weighted by atomic mass is 79.9. The van der Waals surface area contributed by atoms with Gasteiger partial charge in [-0.1, -0.05) is 13.5 Å². The summed E-state index contributed by atoms with van der Waals surface area (Å²) >= 11 is 3.14. The first-order valence-corrected chi connectivity index (χ1v) is 7.65. The summed E-state index contributed by atoms with van der Waals surface area (Å²) in [6.45, 7) is 10.6. The van der Waals surface area contributed by atoms with Crippen molar-refractivity contribution in [3.63, 3.8) is 0 Å². The van der Waals surface area contributed by atoms with E-state index in [2.05, 4.69) is 32.8 Å². The number of aliphatic hydroxyl groups is 1. The van der Waals surface area contributed by atoms with Crippen LogP contribution in [0, 0.1) is 0 Å². The molecule has 5 N–H and O–H groups in total. The summed E-state index contributed by atoms with van der Waals surface area (Å²) in [5.41, 5.74) is 4.61. The minimum absolute atomic E-state index is 0. The highest BCUT2D eigenvalue weighted by Gasteiger charge is 2.44. The number of aromatic nitrogens is 1. The van der Waals surface area contributed by atoms with Gasteiger partial charge in [-0.3, -0.25) is 4.79 Å². The molecule has 0 aromatic carbocycles. The molecule has 6 nitrogen and oxygen atoms in total. The van der Waals surface area contributed by atoms with E-state index in [-0.39, 0.29) is 7.47 Å². The molecule has 1 aromatic heterocycles. The van der Waals surface area contributed by atoms with Gasteiger partial charge in [0.2, 0.25) is 0 Å². The Hall–Kier alpha value is -1.47. The van der Waals surface area contributed by atoms with Gasteiger partial charge in [-0.15, -0.1) is 0 Å². The Morgan fingerprint density at radius 1 is 1.62 bits per heavy atom. The summed E-state index contributed by atoms with van der Waals surface area (Å²) in [6.07, 6.45) is 0.716. The molecule has 1 saturated heterocycles. The number of nitrogens with one attached hydrogen (secondary N) is 2. The molecule has 21 heavy (non-hydrogen) atoms. The van der Waals surface area contributed by atoms with E-state index in [0.29, 0.717) is 12.1 Å². The largest absolute Gasteiger partial charge is 0.369 e. The Bertz CT molecular complexity index is 523. The van der Waals surface area contributed by atoms with Crippen LogP contribution in [0.2, 0.25) is 0 Å². The topological polar surface area (TPSA) is 94.4 Å². The summed E-state index contributed by atoms with van der Waals surface area (Å²) in [6, 6.07) is 3.40. The first-order valence-electron chi connectivity index (χ1n) is 6.86. The van der Waals surface area contributed by atoms with Crippen molar-refractivity contribution in [3.8, 4) is 0 Å². The number of hydrogen-bond acceptors (Lipinski definition) is 4. The average Bonchev–Trinajstić information content (AvgIpc) is 2.94. The number of carbonyl (C=O) groups excluding carboxylic acids is 1. The number of primary amides is 1. The normalized spacial score (nSPS) is 24.3. The minimum atomic E-state index is -0.744. The van der Waals surface area contributed by atoms with Crippen LogP contribution in [0.15, 0.2) is 29.1 Å². The van der Waals surface area contributed by atoms with Crippen LogP contribution >= 0.6 is 15.9 Å². The highest BCUT2D eigenvalue weighted by molar-refractivity contribution is 9.10. The Kier molecular flexibility index (Phi) is 5.86. The van der Waals surface area contributed by atoms with Crippen molar-refractivity contribution >= 4 is 21.8 Å². The predicted octanol–water partition coefficient (Wildman–Crippen LogP) is 1.99. The second-order valence-electron chi connectivity index (χ2n) is 4.87. The van der Waals surface area contributed by atoms with Gasteiger partial charge in [0.25, 0.3) is 5.91 Å². The third-order valence-electron chi connectivity index (χ3n) is 3.62. The summed E-state index contributed by atoms with van der Waals surface area (Å²) in [5, 5.41) is 13.3. The number of H-pyrrole nitrogens is 1. The fraction of sp³-hybridized carbons (Fsp3) is 0.500. The molecule has 1 aliphatic heterocycles. The lowest BCUT2D eigenvalue weighted by Crippen LogP contribution is -2.49. The lowest BCUT2D eigenvalue weighted by molar-refractivity contribution is -0.0797. The molecule has 0 unspecified atom stereocenters. The summed E-state index contributed by atoms with van der Waals surface area (Å²) in [7, 11) is 0. The number of aromatic amines is 1. The van der Waals surface area contributed by atoms with E-state index in [9.17, 15) is 9.90 Å². The summed E-state index contributed by atoms with van der Waals surface area (Å²) in [5.74, 6) is 0.384. The number of rotatable bonds is 3. The molecule has 1 aliphatic rings. The van der Waals surface area contributed by atoms with Gasteiger partial charge in [-0.25, -0.2) is 0 Å². The van der Waals surface area contributed by atoms with E-state index in [1.165, 1.54) is 0 Å². The number of carbonyl (C=O) groups is 1. The zero-order valence-corrected chi connectivity index (χ0v) is 14.2. The molecule has 2 atom stereocenters. The molecular weight excluding hydrogens is 336 g/mol. The lowest BCUT2D eigenvalue weighted by atomic mass is 10.0. The van der Waals surface area contributed by atoms with Crippen molar-refractivity contribution < 1.29 is 11.3 Å². The van der Waals surface area contributed by atoms with Crippen molar-refractivity contribution in [1.29, 1.82) is 0 Å². The molecule has 1 fully saturated rings. The van der Waals surface area contributed by atoms with Gasteiger partial charge in [0, 0.05) is 7.97 Å². The quantitative estimate of drug-likeness (QED) is 0.662. The van der Waals surface area contributed by atoms with Crippen LogP contribution in [0.3, 0.4) is 0 Å². The fourth-order valence-electron chi connectivity index (χ4n) is 2.38. The fourth-order valence-corrected chi connectivity index (χ4v) is 2.73. The minimum Gasteiger partial charge on any atom is -0.369 e. The Balaban J connectivity index is 0.000000397. The van der Waals surface area contributed by atoms with E-state index in [1.54, 1.807) is 12.1 Å². The van der Waals surface area contributed by atoms with Crippen LogP contribution in [0.5, 0.6) is 0 Å². The Morgan fingerprint density at radius 2 is 2.24 bits per heavy atom. The van der Waals surface area contributed by atoms with E-state index in [1.807, 2.05) is 25.7 Å². The van der Waals surface area contributed by atoms with Gasteiger partial charge in [0.15, 0.2) is 5.72 Å². The summed E-state index contributed by atoms with van der Waals surface area (Å²) in [4.78, 5) is 15.0. The van der Waals surface area contributed by atoms with E-state index < -0.39 is 11.6 Å². The van der Waals surface area contributed by atoms with E-state index in [0.717, 1.165) is 17.0 Å². The zero-order valence-electron chi connectivity index (χ0n) is 12.6. The standard InChI is InChI=1S/C9H18N2O.C5H5BrN2O.H2/c1-5-9(12)7(3)10-8(4)11(9)6-2;6-4-2-1-3(8-4)5(7)9;/h7,10,12H,4-6H2,1-3H3;1-2,8H,(H2,7,9);1H/t7-,9-;;/m0../s1. The molecule has 2 rings (SSSR count). The van der Waals surface area contributed by atoms with Crippen molar-refractivity contribution in [2.45, 2.75) is 39.0 Å². The maximum absolute atomic E-state index is 10.4. The van der Waals surface area contributed by atoms with Crippen LogP contribution in [0.1, 0.15) is 39.1 Å². The third kappa shape index (κ3) is 3.79. The SMILES string of the molecule is C=C1N[C@@H](C)[C@@](O)(CC)N1CC.NC(=O)c1ccc(Br)[nH]1.[HH]. The van der Waals surface area contributed by atoms with Crippen molar-refractivity contribution in [2.75, 3.05) is 6.54 Å². The van der Waals surface area contributed by atoms with Crippen molar-refractivity contribution in [3.05, 3.63) is 34.8 Å². The maximum Gasteiger partial charge on any atom is 0.265 e. The van der Waals surface area contributed by atoms with Crippen LogP contribution in [0.25, 0.3) is 0 Å². The smallest absolute Gasteiger partial charge is 0.265 e. The number of hydrogen-bond donors (Lipinski definition) is 4. The summed E-state index contributed by atoms with van der Waals surface area (Å²) < 4.78 is 0.760. The van der Waals surface area contributed by atoms with Crippen molar-refractivity contribution in [1.82, 2.24) is 15.2 Å². The third-order valence-corrected chi connectivity index (χ3v) is 4.08. The average molecular weight is 361 g/mol. The first-order chi connectivity index (χ1) is 9.76. The molecule has 1 aromatic rings. The molecule has 0 aliphatic carbocycles. The monoisotopic (exact) mass is 360 g/mol. The van der Waals surface area contributed by atoms with Gasteiger partial charge in [0.1, 0.15) is 5.69 Å². The number of halogens is 1. The van der Waals surface area contributed by atoms with Gasteiger partial charge in [-0.2, -0.15) is 0 Å². The molecule has 7 heteroatoms. The van der Waals surface area contributed by atoms with E-state index >= 15 is 0 Å². The Morgan fingerprint density at radius 3 is 2.52 bits per heavy atom. The number of amides is 1. The van der Waals surface area contributed by atoms with Crippen molar-refractivity contribution in [2.24, 2.45) is 5.73 Å². The first kappa shape index (κ1) is 17.6. The van der Waals surface area contributed by atoms with E-state index in [4.69, 9.17) is 5.73 Å². The Labute approximate surface area is 135 Å². The lowest BCUT2D eigenvalue weighted by Gasteiger charge is -2.34. The molecule has 120 valence electrons. The molecule has 0 radical (unpaired) electrons. The molecule has 0 bridgehead atoms. The second kappa shape index (κ2) is 7.00. The van der Waals surface area contributed by atoms with Gasteiger partial charge < -0.3 is 26.0 Å². The number of likely N-dealkylation sites (N-methyl/N-ethyl adjacent to an activating group) is 1. The van der Waals surface area contributed by atoms with Gasteiger partial charge in [0.05, 0.1) is 16.5 Å². The zero-order chi connectivity index (χ0) is 16.2. The maximum atomic E-state index is 10.4. The molecule has 0 saturated carbocycles. The van der Waals surface area contributed by atoms with Crippen LogP contribution in [-0.4, -0.2) is 39.2 Å². The number of nitrogens with zero attached hydrogens (tertiary/aromatic N) is 1. The second-order valence-corrected chi connectivity index (χ2v) is 5.73. The highest BCUT2D eigenvalue weighted by Crippen LogP contribution is 2.29. The van der Waals surface area contributed by atoms with Gasteiger partial charge in [-0.05, 0) is 48.3 Å². The van der Waals surface area contributed by atoms with Crippen LogP contribution < -0.4 is 11.1 Å². The molecule has 2 heterocycles. The molecule has 0 spiro atoms. The van der Waals surface area contributed by atoms with Crippen LogP contribution in [-0.2, 0) is 0 Å². The van der Waals surface area contributed by atoms with Gasteiger partial charge >= 0.3 is 0 Å².